The lowest BCUT2D eigenvalue weighted by atomic mass is 10.2. The molecule has 0 atom stereocenters. The number of H-pyrrole nitrogens is 1. The monoisotopic (exact) mass is 234 g/mol. The molecule has 2 rings (SSSR count). The molecule has 0 aliphatic rings. The zero-order valence-electron chi connectivity index (χ0n) is 9.06. The number of rotatable bonds is 3. The molecule has 88 valence electrons. The summed E-state index contributed by atoms with van der Waals surface area (Å²) in [5.41, 5.74) is -0.545. The molecule has 0 saturated carbocycles. The molecular weight excluding hydrogens is 224 g/mol. The van der Waals surface area contributed by atoms with Gasteiger partial charge in [0.25, 0.3) is 0 Å². The van der Waals surface area contributed by atoms with Crippen LogP contribution in [0.4, 0.5) is 0 Å². The van der Waals surface area contributed by atoms with E-state index in [-0.39, 0.29) is 10.9 Å². The molecule has 6 nitrogen and oxygen atoms in total. The maximum absolute atomic E-state index is 11.8. The molecular formula is C11H10N2O4. The summed E-state index contributed by atoms with van der Waals surface area (Å²) in [6.07, 6.45) is 1.13. The molecule has 2 N–H and O–H groups in total. The van der Waals surface area contributed by atoms with Gasteiger partial charge in [-0.3, -0.25) is 4.79 Å². The van der Waals surface area contributed by atoms with Gasteiger partial charge >= 0.3 is 5.97 Å². The summed E-state index contributed by atoms with van der Waals surface area (Å²) in [7, 11) is 0. The molecule has 2 aromatic heterocycles. The number of carboxylic acids is 1. The van der Waals surface area contributed by atoms with Gasteiger partial charge in [0, 0.05) is 12.3 Å². The summed E-state index contributed by atoms with van der Waals surface area (Å²) in [6, 6.07) is 3.03. The lowest BCUT2D eigenvalue weighted by molar-refractivity contribution is 0.0695. The van der Waals surface area contributed by atoms with E-state index in [2.05, 4.69) is 9.97 Å². The highest BCUT2D eigenvalue weighted by molar-refractivity contribution is 5.91. The molecule has 0 aliphatic heterocycles. The standard InChI is InChI=1S/C11H10N2O4/c1-2-17-8-4-3-6-9(14)7(11(15)16)5-12-10(6)13-8/h3-5H,2H2,1H3,(H,15,16)(H,12,13,14). The van der Waals surface area contributed by atoms with E-state index in [1.165, 1.54) is 12.1 Å². The van der Waals surface area contributed by atoms with E-state index in [1.54, 1.807) is 0 Å². The molecule has 2 aromatic rings. The SMILES string of the molecule is CCOc1ccc2c(=O)c(C(=O)O)c[nH]c2n1. The van der Waals surface area contributed by atoms with Crippen molar-refractivity contribution in [2.75, 3.05) is 6.61 Å². The van der Waals surface area contributed by atoms with Gasteiger partial charge in [-0.05, 0) is 13.0 Å². The topological polar surface area (TPSA) is 92.3 Å². The largest absolute Gasteiger partial charge is 0.478 e. The molecule has 0 saturated heterocycles. The van der Waals surface area contributed by atoms with Crippen LogP contribution in [0.15, 0.2) is 23.1 Å². The fourth-order valence-corrected chi connectivity index (χ4v) is 1.47. The predicted molar refractivity (Wildman–Crippen MR) is 60.5 cm³/mol. The molecule has 6 heteroatoms. The lowest BCUT2D eigenvalue weighted by Gasteiger charge is -2.03. The van der Waals surface area contributed by atoms with Crippen molar-refractivity contribution in [3.05, 3.63) is 34.1 Å². The third-order valence-electron chi connectivity index (χ3n) is 2.23. The van der Waals surface area contributed by atoms with E-state index >= 15 is 0 Å². The molecule has 0 aliphatic carbocycles. The number of nitrogens with zero attached hydrogens (tertiary/aromatic N) is 1. The number of aromatic nitrogens is 2. The second kappa shape index (κ2) is 4.25. The lowest BCUT2D eigenvalue weighted by Crippen LogP contribution is -2.15. The minimum atomic E-state index is -1.26. The number of ether oxygens (including phenoxy) is 1. The van der Waals surface area contributed by atoms with Crippen LogP contribution in [0.2, 0.25) is 0 Å². The number of fused-ring (bicyclic) bond motifs is 1. The van der Waals surface area contributed by atoms with Gasteiger partial charge in [0.15, 0.2) is 0 Å². The second-order valence-corrected chi connectivity index (χ2v) is 3.32. The number of hydrogen-bond donors (Lipinski definition) is 2. The van der Waals surface area contributed by atoms with E-state index in [1.807, 2.05) is 6.92 Å². The first-order valence-corrected chi connectivity index (χ1v) is 5.02. The number of carbonyl (C=O) groups is 1. The average molecular weight is 234 g/mol. The Morgan fingerprint density at radius 3 is 2.94 bits per heavy atom. The Kier molecular flexibility index (Phi) is 2.78. The third-order valence-corrected chi connectivity index (χ3v) is 2.23. The quantitative estimate of drug-likeness (QED) is 0.827. The van der Waals surface area contributed by atoms with Crippen LogP contribution < -0.4 is 10.2 Å². The van der Waals surface area contributed by atoms with Gasteiger partial charge in [-0.1, -0.05) is 0 Å². The molecule has 0 fully saturated rings. The van der Waals surface area contributed by atoms with Crippen molar-refractivity contribution in [3.63, 3.8) is 0 Å². The average Bonchev–Trinajstić information content (AvgIpc) is 2.29. The summed E-state index contributed by atoms with van der Waals surface area (Å²) >= 11 is 0. The predicted octanol–water partition coefficient (Wildman–Crippen LogP) is 1.02. The fraction of sp³-hybridized carbons (Fsp3) is 0.182. The van der Waals surface area contributed by atoms with Crippen LogP contribution in [0.25, 0.3) is 11.0 Å². The number of aromatic amines is 1. The summed E-state index contributed by atoms with van der Waals surface area (Å²) in [5, 5.41) is 9.03. The fourth-order valence-electron chi connectivity index (χ4n) is 1.47. The van der Waals surface area contributed by atoms with E-state index in [0.717, 1.165) is 6.20 Å². The van der Waals surface area contributed by atoms with Crippen molar-refractivity contribution >= 4 is 17.0 Å². The highest BCUT2D eigenvalue weighted by atomic mass is 16.5. The van der Waals surface area contributed by atoms with Crippen LogP contribution in [0, 0.1) is 0 Å². The zero-order valence-corrected chi connectivity index (χ0v) is 9.06. The first-order valence-electron chi connectivity index (χ1n) is 5.02. The van der Waals surface area contributed by atoms with Gasteiger partial charge in [-0.2, -0.15) is 4.98 Å². The van der Waals surface area contributed by atoms with Crippen LogP contribution in [-0.2, 0) is 0 Å². The first-order chi connectivity index (χ1) is 8.13. The first kappa shape index (κ1) is 11.1. The molecule has 0 bridgehead atoms. The Morgan fingerprint density at radius 1 is 1.53 bits per heavy atom. The van der Waals surface area contributed by atoms with Gasteiger partial charge in [-0.15, -0.1) is 0 Å². The van der Waals surface area contributed by atoms with E-state index in [0.29, 0.717) is 18.1 Å². The number of aromatic carboxylic acids is 1. The van der Waals surface area contributed by atoms with Crippen molar-refractivity contribution in [1.82, 2.24) is 9.97 Å². The summed E-state index contributed by atoms with van der Waals surface area (Å²) in [5.74, 6) is -0.874. The molecule has 0 spiro atoms. The van der Waals surface area contributed by atoms with E-state index in [4.69, 9.17) is 9.84 Å². The normalized spacial score (nSPS) is 10.4. The molecule has 0 amide bonds. The number of hydrogen-bond acceptors (Lipinski definition) is 4. The van der Waals surface area contributed by atoms with Crippen molar-refractivity contribution in [3.8, 4) is 5.88 Å². The third kappa shape index (κ3) is 1.96. The summed E-state index contributed by atoms with van der Waals surface area (Å²) < 4.78 is 5.18. The molecule has 0 aromatic carbocycles. The Morgan fingerprint density at radius 2 is 2.29 bits per heavy atom. The van der Waals surface area contributed by atoms with Crippen LogP contribution >= 0.6 is 0 Å². The van der Waals surface area contributed by atoms with Crippen LogP contribution in [0.1, 0.15) is 17.3 Å². The smallest absolute Gasteiger partial charge is 0.341 e. The Balaban J connectivity index is 2.64. The minimum Gasteiger partial charge on any atom is -0.478 e. The number of pyridine rings is 2. The molecule has 0 radical (unpaired) electrons. The van der Waals surface area contributed by atoms with Gasteiger partial charge < -0.3 is 14.8 Å². The number of nitrogens with one attached hydrogen (secondary N) is 1. The highest BCUT2D eigenvalue weighted by Crippen LogP contribution is 2.12. The van der Waals surface area contributed by atoms with E-state index < -0.39 is 11.4 Å². The summed E-state index contributed by atoms with van der Waals surface area (Å²) in [4.78, 5) is 29.3. The zero-order chi connectivity index (χ0) is 12.4. The van der Waals surface area contributed by atoms with Crippen LogP contribution in [0.3, 0.4) is 0 Å². The van der Waals surface area contributed by atoms with Crippen LogP contribution in [0.5, 0.6) is 5.88 Å². The molecule has 17 heavy (non-hydrogen) atoms. The second-order valence-electron chi connectivity index (χ2n) is 3.32. The van der Waals surface area contributed by atoms with Crippen molar-refractivity contribution in [2.45, 2.75) is 6.92 Å². The van der Waals surface area contributed by atoms with Gasteiger partial charge in [0.1, 0.15) is 11.2 Å². The Bertz CT molecular complexity index is 633. The molecule has 0 unspecified atom stereocenters. The van der Waals surface area contributed by atoms with Crippen molar-refractivity contribution in [1.29, 1.82) is 0 Å². The van der Waals surface area contributed by atoms with Gasteiger partial charge in [0.2, 0.25) is 11.3 Å². The van der Waals surface area contributed by atoms with Crippen molar-refractivity contribution in [2.24, 2.45) is 0 Å². The van der Waals surface area contributed by atoms with Crippen LogP contribution in [-0.4, -0.2) is 27.7 Å². The number of carboxylic acid groups (broad SMARTS) is 1. The maximum atomic E-state index is 11.8. The minimum absolute atomic E-state index is 0.230. The summed E-state index contributed by atoms with van der Waals surface area (Å²) in [6.45, 7) is 2.29. The van der Waals surface area contributed by atoms with Crippen molar-refractivity contribution < 1.29 is 14.6 Å². The van der Waals surface area contributed by atoms with Gasteiger partial charge in [0.05, 0.1) is 12.0 Å². The Labute approximate surface area is 95.9 Å². The van der Waals surface area contributed by atoms with Gasteiger partial charge in [-0.25, -0.2) is 4.79 Å². The van der Waals surface area contributed by atoms with E-state index in [9.17, 15) is 9.59 Å². The Hall–Kier alpha value is -2.37. The maximum Gasteiger partial charge on any atom is 0.341 e. The molecule has 2 heterocycles. The highest BCUT2D eigenvalue weighted by Gasteiger charge is 2.12.